The molecule has 1 saturated carbocycles. The van der Waals surface area contributed by atoms with Gasteiger partial charge in [-0.2, -0.15) is 0 Å². The topological polar surface area (TPSA) is 93.7 Å². The number of ether oxygens (including phenoxy) is 2. The fourth-order valence-corrected chi connectivity index (χ4v) is 2.89. The van der Waals surface area contributed by atoms with Gasteiger partial charge in [0.2, 0.25) is 0 Å². The standard InChI is InChI=1S/C20H28N2O5/c1-15-9-11-17(12-10-15)26-13-5-8-19(24)27-14-18(23)22-20(25)21-16-6-3-2-4-7-16/h9-12,16H,2-8,13-14H2,1H3,(H2,21,22,23,25). The summed E-state index contributed by atoms with van der Waals surface area (Å²) in [4.78, 5) is 35.0. The Kier molecular flexibility index (Phi) is 8.61. The summed E-state index contributed by atoms with van der Waals surface area (Å²) >= 11 is 0. The first-order valence-electron chi connectivity index (χ1n) is 9.48. The molecule has 2 rings (SSSR count). The molecule has 7 heteroatoms. The Bertz CT molecular complexity index is 624. The lowest BCUT2D eigenvalue weighted by molar-refractivity contribution is -0.148. The molecule has 0 bridgehead atoms. The van der Waals surface area contributed by atoms with Crippen LogP contribution in [0.1, 0.15) is 50.5 Å². The number of esters is 1. The quantitative estimate of drug-likeness (QED) is 0.537. The SMILES string of the molecule is Cc1ccc(OCCCC(=O)OCC(=O)NC(=O)NC2CCCCC2)cc1. The number of urea groups is 1. The smallest absolute Gasteiger partial charge is 0.321 e. The van der Waals surface area contributed by atoms with Crippen molar-refractivity contribution in [2.75, 3.05) is 13.2 Å². The number of benzene rings is 1. The molecule has 1 fully saturated rings. The molecule has 0 radical (unpaired) electrons. The number of carbonyl (C=O) groups excluding carboxylic acids is 3. The van der Waals surface area contributed by atoms with E-state index in [1.165, 1.54) is 6.42 Å². The van der Waals surface area contributed by atoms with E-state index in [0.717, 1.165) is 37.0 Å². The third-order valence-electron chi connectivity index (χ3n) is 4.37. The average molecular weight is 376 g/mol. The van der Waals surface area contributed by atoms with Crippen LogP contribution < -0.4 is 15.4 Å². The normalized spacial score (nSPS) is 14.3. The van der Waals surface area contributed by atoms with Crippen LogP contribution in [0.5, 0.6) is 5.75 Å². The number of amides is 3. The number of imide groups is 1. The van der Waals surface area contributed by atoms with E-state index in [4.69, 9.17) is 9.47 Å². The van der Waals surface area contributed by atoms with Crippen molar-refractivity contribution in [2.45, 2.75) is 57.9 Å². The molecule has 7 nitrogen and oxygen atoms in total. The van der Waals surface area contributed by atoms with E-state index < -0.39 is 24.5 Å². The molecular weight excluding hydrogens is 348 g/mol. The maximum Gasteiger partial charge on any atom is 0.321 e. The summed E-state index contributed by atoms with van der Waals surface area (Å²) in [6.07, 6.45) is 5.85. The van der Waals surface area contributed by atoms with E-state index in [1.54, 1.807) is 0 Å². The van der Waals surface area contributed by atoms with Gasteiger partial charge in [0.25, 0.3) is 5.91 Å². The summed E-state index contributed by atoms with van der Waals surface area (Å²) in [6, 6.07) is 7.23. The lowest BCUT2D eigenvalue weighted by Crippen LogP contribution is -2.46. The van der Waals surface area contributed by atoms with Gasteiger partial charge in [0.05, 0.1) is 6.61 Å². The molecule has 2 N–H and O–H groups in total. The van der Waals surface area contributed by atoms with Crippen molar-refractivity contribution in [1.29, 1.82) is 0 Å². The number of hydrogen-bond acceptors (Lipinski definition) is 5. The molecule has 0 aliphatic heterocycles. The van der Waals surface area contributed by atoms with E-state index in [-0.39, 0.29) is 12.5 Å². The average Bonchev–Trinajstić information content (AvgIpc) is 2.65. The van der Waals surface area contributed by atoms with Crippen molar-refractivity contribution in [3.8, 4) is 5.75 Å². The third-order valence-corrected chi connectivity index (χ3v) is 4.37. The first-order chi connectivity index (χ1) is 13.0. The predicted octanol–water partition coefficient (Wildman–Crippen LogP) is 2.86. The highest BCUT2D eigenvalue weighted by Gasteiger charge is 2.17. The van der Waals surface area contributed by atoms with Crippen LogP contribution in [0.15, 0.2) is 24.3 Å². The molecule has 0 atom stereocenters. The van der Waals surface area contributed by atoms with Gasteiger partial charge in [0.1, 0.15) is 5.75 Å². The monoisotopic (exact) mass is 376 g/mol. The second kappa shape index (κ2) is 11.2. The molecule has 3 amide bonds. The lowest BCUT2D eigenvalue weighted by atomic mass is 9.96. The number of aryl methyl sites for hydroxylation is 1. The van der Waals surface area contributed by atoms with Gasteiger partial charge in [0, 0.05) is 12.5 Å². The van der Waals surface area contributed by atoms with E-state index >= 15 is 0 Å². The molecule has 148 valence electrons. The maximum absolute atomic E-state index is 11.7. The van der Waals surface area contributed by atoms with Crippen molar-refractivity contribution >= 4 is 17.9 Å². The van der Waals surface area contributed by atoms with Gasteiger partial charge in [0.15, 0.2) is 6.61 Å². The van der Waals surface area contributed by atoms with Crippen LogP contribution in [0.3, 0.4) is 0 Å². The first-order valence-corrected chi connectivity index (χ1v) is 9.48. The van der Waals surface area contributed by atoms with Gasteiger partial charge >= 0.3 is 12.0 Å². The molecule has 1 aromatic rings. The summed E-state index contributed by atoms with van der Waals surface area (Å²) in [5.74, 6) is -0.379. The van der Waals surface area contributed by atoms with Crippen molar-refractivity contribution in [2.24, 2.45) is 0 Å². The van der Waals surface area contributed by atoms with Gasteiger partial charge in [-0.05, 0) is 38.3 Å². The summed E-state index contributed by atoms with van der Waals surface area (Å²) < 4.78 is 10.4. The molecule has 0 spiro atoms. The zero-order chi connectivity index (χ0) is 19.5. The third kappa shape index (κ3) is 8.57. The van der Waals surface area contributed by atoms with E-state index in [9.17, 15) is 14.4 Å². The Morgan fingerprint density at radius 1 is 1.07 bits per heavy atom. The van der Waals surface area contributed by atoms with Crippen LogP contribution in [0.2, 0.25) is 0 Å². The first kappa shape index (κ1) is 20.7. The van der Waals surface area contributed by atoms with Crippen LogP contribution >= 0.6 is 0 Å². The van der Waals surface area contributed by atoms with Crippen LogP contribution in [-0.2, 0) is 14.3 Å². The van der Waals surface area contributed by atoms with Crippen molar-refractivity contribution < 1.29 is 23.9 Å². The Balaban J connectivity index is 1.53. The maximum atomic E-state index is 11.7. The van der Waals surface area contributed by atoms with Crippen LogP contribution in [-0.4, -0.2) is 37.2 Å². The molecule has 1 aliphatic rings. The highest BCUT2D eigenvalue weighted by molar-refractivity contribution is 5.95. The predicted molar refractivity (Wildman–Crippen MR) is 100 cm³/mol. The Morgan fingerprint density at radius 2 is 1.78 bits per heavy atom. The lowest BCUT2D eigenvalue weighted by Gasteiger charge is -2.22. The Hall–Kier alpha value is -2.57. The van der Waals surface area contributed by atoms with Crippen LogP contribution in [0.4, 0.5) is 4.79 Å². The largest absolute Gasteiger partial charge is 0.494 e. The van der Waals surface area contributed by atoms with Crippen LogP contribution in [0, 0.1) is 6.92 Å². The fourth-order valence-electron chi connectivity index (χ4n) is 2.89. The molecule has 1 aromatic carbocycles. The fraction of sp³-hybridized carbons (Fsp3) is 0.550. The molecule has 0 unspecified atom stereocenters. The molecule has 0 aromatic heterocycles. The molecular formula is C20H28N2O5. The van der Waals surface area contributed by atoms with E-state index in [0.29, 0.717) is 13.0 Å². The van der Waals surface area contributed by atoms with Crippen molar-refractivity contribution in [3.05, 3.63) is 29.8 Å². The zero-order valence-corrected chi connectivity index (χ0v) is 15.8. The Labute approximate surface area is 159 Å². The summed E-state index contributed by atoms with van der Waals surface area (Å²) in [6.45, 7) is 1.92. The molecule has 0 heterocycles. The minimum atomic E-state index is -0.632. The van der Waals surface area contributed by atoms with Gasteiger partial charge in [-0.3, -0.25) is 14.9 Å². The number of carbonyl (C=O) groups is 3. The van der Waals surface area contributed by atoms with Crippen molar-refractivity contribution in [3.63, 3.8) is 0 Å². The van der Waals surface area contributed by atoms with E-state index in [1.807, 2.05) is 31.2 Å². The highest BCUT2D eigenvalue weighted by Crippen LogP contribution is 2.17. The minimum absolute atomic E-state index is 0.114. The summed E-state index contributed by atoms with van der Waals surface area (Å²) in [5, 5.41) is 4.96. The van der Waals surface area contributed by atoms with Crippen LogP contribution in [0.25, 0.3) is 0 Å². The number of hydrogen-bond donors (Lipinski definition) is 2. The zero-order valence-electron chi connectivity index (χ0n) is 15.8. The molecule has 0 saturated heterocycles. The Morgan fingerprint density at radius 3 is 2.48 bits per heavy atom. The van der Waals surface area contributed by atoms with Gasteiger partial charge in [-0.1, -0.05) is 37.0 Å². The van der Waals surface area contributed by atoms with Crippen molar-refractivity contribution in [1.82, 2.24) is 10.6 Å². The van der Waals surface area contributed by atoms with Gasteiger partial charge in [-0.25, -0.2) is 4.79 Å². The highest BCUT2D eigenvalue weighted by atomic mass is 16.5. The van der Waals surface area contributed by atoms with E-state index in [2.05, 4.69) is 10.6 Å². The van der Waals surface area contributed by atoms with Gasteiger partial charge < -0.3 is 14.8 Å². The summed E-state index contributed by atoms with van der Waals surface area (Å²) in [5.41, 5.74) is 1.15. The molecule has 1 aliphatic carbocycles. The number of nitrogens with one attached hydrogen (secondary N) is 2. The second-order valence-electron chi connectivity index (χ2n) is 6.78. The number of rotatable bonds is 8. The molecule has 27 heavy (non-hydrogen) atoms. The second-order valence-corrected chi connectivity index (χ2v) is 6.78. The minimum Gasteiger partial charge on any atom is -0.494 e. The summed E-state index contributed by atoms with van der Waals surface area (Å²) in [7, 11) is 0. The van der Waals surface area contributed by atoms with Gasteiger partial charge in [-0.15, -0.1) is 0 Å².